The van der Waals surface area contributed by atoms with Crippen LogP contribution in [0.15, 0.2) is 18.2 Å². The van der Waals surface area contributed by atoms with E-state index in [-0.39, 0.29) is 11.2 Å². The van der Waals surface area contributed by atoms with Gasteiger partial charge < -0.3 is 4.74 Å². The van der Waals surface area contributed by atoms with Gasteiger partial charge in [-0.05, 0) is 30.7 Å². The molecule has 4 heteroatoms. The lowest BCUT2D eigenvalue weighted by Gasteiger charge is -2.35. The summed E-state index contributed by atoms with van der Waals surface area (Å²) in [7, 11) is 0. The van der Waals surface area contributed by atoms with Gasteiger partial charge in [0.2, 0.25) is 5.82 Å². The molecule has 0 bridgehead atoms. The average molecular weight is 272 g/mol. The van der Waals surface area contributed by atoms with Crippen molar-refractivity contribution in [1.29, 1.82) is 0 Å². The molecule has 1 nitrogen and oxygen atoms in total. The van der Waals surface area contributed by atoms with Crippen LogP contribution in [0.1, 0.15) is 32.1 Å². The number of halogens is 2. The minimum atomic E-state index is -0.900. The summed E-state index contributed by atoms with van der Waals surface area (Å²) in [6, 6.07) is 4.02. The van der Waals surface area contributed by atoms with Gasteiger partial charge in [0, 0.05) is 5.41 Å². The molecule has 0 N–H and O–H groups in total. The van der Waals surface area contributed by atoms with E-state index in [9.17, 15) is 8.78 Å². The van der Waals surface area contributed by atoms with Gasteiger partial charge in [-0.15, -0.1) is 0 Å². The van der Waals surface area contributed by atoms with Gasteiger partial charge in [0.15, 0.2) is 11.6 Å². The van der Waals surface area contributed by atoms with Gasteiger partial charge in [-0.1, -0.05) is 25.3 Å². The van der Waals surface area contributed by atoms with Crippen molar-refractivity contribution in [2.75, 3.05) is 12.4 Å². The first-order valence-corrected chi connectivity index (χ1v) is 6.98. The summed E-state index contributed by atoms with van der Waals surface area (Å²) in [4.78, 5) is 0. The fourth-order valence-electron chi connectivity index (χ4n) is 2.48. The molecule has 100 valence electrons. The van der Waals surface area contributed by atoms with Crippen LogP contribution in [-0.2, 0) is 0 Å². The molecule has 1 aliphatic carbocycles. The van der Waals surface area contributed by atoms with Gasteiger partial charge in [0.05, 0.1) is 6.61 Å². The zero-order valence-electron chi connectivity index (χ0n) is 10.3. The molecule has 1 saturated carbocycles. The van der Waals surface area contributed by atoms with Crippen LogP contribution in [-0.4, -0.2) is 12.4 Å². The van der Waals surface area contributed by atoms with Gasteiger partial charge in [0.25, 0.3) is 0 Å². The van der Waals surface area contributed by atoms with Crippen molar-refractivity contribution < 1.29 is 13.5 Å². The summed E-state index contributed by atoms with van der Waals surface area (Å²) in [5.41, 5.74) is 0.0140. The van der Waals surface area contributed by atoms with Crippen LogP contribution < -0.4 is 4.74 Å². The second-order valence-electron chi connectivity index (χ2n) is 5.06. The van der Waals surface area contributed by atoms with E-state index in [2.05, 4.69) is 12.6 Å². The highest BCUT2D eigenvalue weighted by Gasteiger charge is 2.31. The molecule has 0 aliphatic heterocycles. The van der Waals surface area contributed by atoms with Crippen LogP contribution >= 0.6 is 12.6 Å². The van der Waals surface area contributed by atoms with Crippen LogP contribution in [0, 0.1) is 17.0 Å². The average Bonchev–Trinajstić information content (AvgIpc) is 2.41. The van der Waals surface area contributed by atoms with Crippen LogP contribution in [0.2, 0.25) is 0 Å². The Morgan fingerprint density at radius 3 is 2.56 bits per heavy atom. The molecule has 1 aromatic rings. The molecular weight excluding hydrogens is 254 g/mol. The van der Waals surface area contributed by atoms with Crippen molar-refractivity contribution in [3.05, 3.63) is 29.8 Å². The first-order chi connectivity index (χ1) is 8.67. The Bertz CT molecular complexity index is 403. The van der Waals surface area contributed by atoms with Crippen molar-refractivity contribution in [2.45, 2.75) is 32.1 Å². The zero-order valence-corrected chi connectivity index (χ0v) is 11.2. The van der Waals surface area contributed by atoms with E-state index in [1.165, 1.54) is 18.6 Å². The summed E-state index contributed by atoms with van der Waals surface area (Å²) in [5.74, 6) is -1.04. The van der Waals surface area contributed by atoms with E-state index in [1.807, 2.05) is 0 Å². The van der Waals surface area contributed by atoms with E-state index in [4.69, 9.17) is 4.74 Å². The van der Waals surface area contributed by atoms with Crippen molar-refractivity contribution in [3.63, 3.8) is 0 Å². The Hall–Kier alpha value is -0.770. The molecule has 1 fully saturated rings. The third-order valence-electron chi connectivity index (χ3n) is 3.70. The topological polar surface area (TPSA) is 9.23 Å². The Morgan fingerprint density at radius 2 is 1.89 bits per heavy atom. The predicted molar refractivity (Wildman–Crippen MR) is 71.2 cm³/mol. The number of rotatable bonds is 4. The summed E-state index contributed by atoms with van der Waals surface area (Å²) in [6.45, 7) is 0.414. The number of ether oxygens (including phenoxy) is 1. The van der Waals surface area contributed by atoms with Crippen LogP contribution in [0.25, 0.3) is 0 Å². The molecule has 2 rings (SSSR count). The van der Waals surface area contributed by atoms with Crippen molar-refractivity contribution in [3.8, 4) is 5.75 Å². The van der Waals surface area contributed by atoms with E-state index in [0.29, 0.717) is 6.61 Å². The van der Waals surface area contributed by atoms with Crippen LogP contribution in [0.3, 0.4) is 0 Å². The zero-order chi connectivity index (χ0) is 13.0. The first-order valence-electron chi connectivity index (χ1n) is 6.35. The summed E-state index contributed by atoms with van der Waals surface area (Å²) < 4.78 is 32.0. The van der Waals surface area contributed by atoms with Gasteiger partial charge >= 0.3 is 0 Å². The standard InChI is InChI=1S/C14H18F2OS/c15-11-5-4-6-12(13(11)16)17-9-14(10-18)7-2-1-3-8-14/h4-6,18H,1-3,7-10H2. The second-order valence-corrected chi connectivity index (χ2v) is 5.38. The van der Waals surface area contributed by atoms with E-state index in [1.54, 1.807) is 0 Å². The molecule has 18 heavy (non-hydrogen) atoms. The second kappa shape index (κ2) is 5.91. The van der Waals surface area contributed by atoms with Gasteiger partial charge in [-0.3, -0.25) is 0 Å². The van der Waals surface area contributed by atoms with Crippen LogP contribution in [0.5, 0.6) is 5.75 Å². The molecule has 0 unspecified atom stereocenters. The maximum absolute atomic E-state index is 13.5. The third-order valence-corrected chi connectivity index (χ3v) is 4.37. The molecule has 0 spiro atoms. The minimum Gasteiger partial charge on any atom is -0.490 e. The minimum absolute atomic E-state index is 0.00160. The quantitative estimate of drug-likeness (QED) is 0.807. The number of hydrogen-bond donors (Lipinski definition) is 1. The summed E-state index contributed by atoms with van der Waals surface area (Å²) in [6.07, 6.45) is 5.66. The molecule has 0 atom stereocenters. The summed E-state index contributed by atoms with van der Waals surface area (Å²) >= 11 is 4.39. The van der Waals surface area contributed by atoms with Crippen molar-refractivity contribution in [1.82, 2.24) is 0 Å². The van der Waals surface area contributed by atoms with E-state index >= 15 is 0 Å². The largest absolute Gasteiger partial charge is 0.490 e. The van der Waals surface area contributed by atoms with Gasteiger partial charge in [-0.2, -0.15) is 17.0 Å². The Balaban J connectivity index is 2.03. The lowest BCUT2D eigenvalue weighted by atomic mass is 9.76. The van der Waals surface area contributed by atoms with Gasteiger partial charge in [-0.25, -0.2) is 4.39 Å². The fraction of sp³-hybridized carbons (Fsp3) is 0.571. The number of hydrogen-bond acceptors (Lipinski definition) is 2. The fourth-order valence-corrected chi connectivity index (χ4v) is 2.88. The van der Waals surface area contributed by atoms with E-state index < -0.39 is 11.6 Å². The Labute approximate surface area is 112 Å². The highest BCUT2D eigenvalue weighted by atomic mass is 32.1. The maximum atomic E-state index is 13.5. The molecule has 1 aliphatic rings. The molecule has 0 aromatic heterocycles. The van der Waals surface area contributed by atoms with Crippen molar-refractivity contribution >= 4 is 12.6 Å². The number of benzene rings is 1. The molecule has 0 heterocycles. The molecular formula is C14H18F2OS. The highest BCUT2D eigenvalue weighted by molar-refractivity contribution is 7.80. The molecule has 1 aromatic carbocycles. The SMILES string of the molecule is Fc1cccc(OCC2(CS)CCCCC2)c1F. The number of thiol groups is 1. The normalized spacial score (nSPS) is 18.6. The lowest BCUT2D eigenvalue weighted by molar-refractivity contribution is 0.117. The molecule has 0 saturated heterocycles. The lowest BCUT2D eigenvalue weighted by Crippen LogP contribution is -2.33. The van der Waals surface area contributed by atoms with Crippen molar-refractivity contribution in [2.24, 2.45) is 5.41 Å². The monoisotopic (exact) mass is 272 g/mol. The first kappa shape index (κ1) is 13.7. The molecule has 0 radical (unpaired) electrons. The Kier molecular flexibility index (Phi) is 4.49. The smallest absolute Gasteiger partial charge is 0.200 e. The summed E-state index contributed by atoms with van der Waals surface area (Å²) in [5, 5.41) is 0. The Morgan fingerprint density at radius 1 is 1.17 bits per heavy atom. The predicted octanol–water partition coefficient (Wildman–Crippen LogP) is 4.22. The molecule has 0 amide bonds. The van der Waals surface area contributed by atoms with Crippen LogP contribution in [0.4, 0.5) is 8.78 Å². The highest BCUT2D eigenvalue weighted by Crippen LogP contribution is 2.38. The maximum Gasteiger partial charge on any atom is 0.200 e. The van der Waals surface area contributed by atoms with Gasteiger partial charge in [0.1, 0.15) is 0 Å². The van der Waals surface area contributed by atoms with E-state index in [0.717, 1.165) is 37.5 Å². The third kappa shape index (κ3) is 2.97.